The Morgan fingerprint density at radius 1 is 0.767 bits per heavy atom. The number of carbonyl (C=O) groups is 2. The molecule has 0 aliphatic carbocycles. The van der Waals surface area contributed by atoms with Gasteiger partial charge in [0, 0.05) is 45.8 Å². The summed E-state index contributed by atoms with van der Waals surface area (Å²) < 4.78 is 5.56. The number of rotatable bonds is 6. The molecular weight excluding hydrogens is 378 g/mol. The molecule has 0 aromatic heterocycles. The van der Waals surface area contributed by atoms with Crippen LogP contribution in [0.3, 0.4) is 0 Å². The summed E-state index contributed by atoms with van der Waals surface area (Å²) in [5.41, 5.74) is 1.80. The Balaban J connectivity index is 1.30. The molecule has 2 aromatic rings. The maximum absolute atomic E-state index is 12.9. The van der Waals surface area contributed by atoms with Crippen LogP contribution in [0.2, 0.25) is 0 Å². The molecule has 0 bridgehead atoms. The van der Waals surface area contributed by atoms with E-state index in [0.29, 0.717) is 17.9 Å². The number of likely N-dealkylation sites (tertiary alicyclic amines) is 1. The normalized spacial score (nSPS) is 17.8. The minimum Gasteiger partial charge on any atom is -0.409 e. The second kappa shape index (κ2) is 9.87. The average molecular weight is 408 g/mol. The van der Waals surface area contributed by atoms with E-state index in [0.717, 1.165) is 58.7 Å². The van der Waals surface area contributed by atoms with Gasteiger partial charge in [-0.05, 0) is 30.5 Å². The molecule has 2 aliphatic heterocycles. The van der Waals surface area contributed by atoms with E-state index < -0.39 is 0 Å². The SMILES string of the molecule is O=C(CN1CCN(Cc2ccccc2)CC1)c1ccccc1OC(=O)N1CCCC1. The van der Waals surface area contributed by atoms with Crippen LogP contribution in [-0.4, -0.2) is 72.4 Å². The summed E-state index contributed by atoms with van der Waals surface area (Å²) in [6.07, 6.45) is 1.65. The topological polar surface area (TPSA) is 53.1 Å². The summed E-state index contributed by atoms with van der Waals surface area (Å²) in [6.45, 7) is 6.32. The summed E-state index contributed by atoms with van der Waals surface area (Å²) in [4.78, 5) is 31.6. The molecule has 0 unspecified atom stereocenters. The minimum absolute atomic E-state index is 0.00340. The molecule has 0 saturated carbocycles. The highest BCUT2D eigenvalue weighted by atomic mass is 16.6. The van der Waals surface area contributed by atoms with Crippen molar-refractivity contribution in [2.45, 2.75) is 19.4 Å². The molecule has 6 nitrogen and oxygen atoms in total. The Labute approximate surface area is 178 Å². The van der Waals surface area contributed by atoms with E-state index in [1.54, 1.807) is 23.1 Å². The zero-order chi connectivity index (χ0) is 20.8. The number of nitrogens with zero attached hydrogens (tertiary/aromatic N) is 3. The zero-order valence-corrected chi connectivity index (χ0v) is 17.3. The van der Waals surface area contributed by atoms with E-state index in [-0.39, 0.29) is 11.9 Å². The van der Waals surface area contributed by atoms with Crippen molar-refractivity contribution in [1.29, 1.82) is 0 Å². The van der Waals surface area contributed by atoms with E-state index >= 15 is 0 Å². The lowest BCUT2D eigenvalue weighted by Crippen LogP contribution is -2.47. The lowest BCUT2D eigenvalue weighted by molar-refractivity contribution is 0.0841. The van der Waals surface area contributed by atoms with E-state index in [4.69, 9.17) is 4.74 Å². The maximum Gasteiger partial charge on any atom is 0.415 e. The third kappa shape index (κ3) is 5.26. The molecule has 2 saturated heterocycles. The molecule has 0 radical (unpaired) electrons. The molecule has 2 fully saturated rings. The lowest BCUT2D eigenvalue weighted by atomic mass is 10.1. The molecule has 0 spiro atoms. The van der Waals surface area contributed by atoms with Gasteiger partial charge in [-0.2, -0.15) is 0 Å². The average Bonchev–Trinajstić information content (AvgIpc) is 3.31. The first kappa shape index (κ1) is 20.6. The van der Waals surface area contributed by atoms with Gasteiger partial charge in [0.1, 0.15) is 5.75 Å². The van der Waals surface area contributed by atoms with Crippen molar-refractivity contribution in [3.63, 3.8) is 0 Å². The molecule has 4 rings (SSSR count). The van der Waals surface area contributed by atoms with Crippen molar-refractivity contribution in [1.82, 2.24) is 14.7 Å². The second-order valence-corrected chi connectivity index (χ2v) is 8.02. The molecule has 0 N–H and O–H groups in total. The van der Waals surface area contributed by atoms with Crippen LogP contribution in [0.1, 0.15) is 28.8 Å². The van der Waals surface area contributed by atoms with E-state index in [1.807, 2.05) is 12.1 Å². The molecule has 158 valence electrons. The zero-order valence-electron chi connectivity index (χ0n) is 17.3. The molecule has 2 aromatic carbocycles. The summed E-state index contributed by atoms with van der Waals surface area (Å²) in [7, 11) is 0. The standard InChI is InChI=1S/C24H29N3O3/c28-22(19-26-16-14-25(15-17-26)18-20-8-2-1-3-9-20)21-10-4-5-11-23(21)30-24(29)27-12-6-7-13-27/h1-5,8-11H,6-7,12-19H2. The predicted molar refractivity (Wildman–Crippen MR) is 116 cm³/mol. The monoisotopic (exact) mass is 407 g/mol. The van der Waals surface area contributed by atoms with Crippen LogP contribution >= 0.6 is 0 Å². The van der Waals surface area contributed by atoms with Crippen molar-refractivity contribution < 1.29 is 14.3 Å². The second-order valence-electron chi connectivity index (χ2n) is 8.02. The number of piperazine rings is 1. The number of hydrogen-bond donors (Lipinski definition) is 0. The van der Waals surface area contributed by atoms with Gasteiger partial charge in [0.2, 0.25) is 0 Å². The molecule has 1 amide bonds. The van der Waals surface area contributed by atoms with Crippen LogP contribution in [0, 0.1) is 0 Å². The first-order chi connectivity index (χ1) is 14.7. The van der Waals surface area contributed by atoms with E-state index in [1.165, 1.54) is 5.56 Å². The van der Waals surface area contributed by atoms with Gasteiger partial charge in [0.25, 0.3) is 0 Å². The van der Waals surface area contributed by atoms with Crippen molar-refractivity contribution in [2.24, 2.45) is 0 Å². The first-order valence-electron chi connectivity index (χ1n) is 10.8. The fourth-order valence-electron chi connectivity index (χ4n) is 4.08. The van der Waals surface area contributed by atoms with Crippen LogP contribution in [0.5, 0.6) is 5.75 Å². The Morgan fingerprint density at radius 3 is 2.13 bits per heavy atom. The summed E-state index contributed by atoms with van der Waals surface area (Å²) in [5, 5.41) is 0. The number of ketones is 1. The molecule has 30 heavy (non-hydrogen) atoms. The fraction of sp³-hybridized carbons (Fsp3) is 0.417. The maximum atomic E-state index is 12.9. The van der Waals surface area contributed by atoms with E-state index in [2.05, 4.69) is 34.1 Å². The van der Waals surface area contributed by atoms with Crippen LogP contribution in [0.15, 0.2) is 54.6 Å². The van der Waals surface area contributed by atoms with Crippen molar-refractivity contribution in [3.8, 4) is 5.75 Å². The van der Waals surface area contributed by atoms with Gasteiger partial charge in [0.15, 0.2) is 5.78 Å². The van der Waals surface area contributed by atoms with Gasteiger partial charge in [-0.25, -0.2) is 4.79 Å². The number of hydrogen-bond acceptors (Lipinski definition) is 5. The number of carbonyl (C=O) groups excluding carboxylic acids is 2. The highest BCUT2D eigenvalue weighted by molar-refractivity contribution is 6.00. The number of Topliss-reactive ketones (excluding diaryl/α,β-unsaturated/α-hetero) is 1. The van der Waals surface area contributed by atoms with Crippen molar-refractivity contribution in [3.05, 3.63) is 65.7 Å². The number of amides is 1. The Hall–Kier alpha value is -2.70. The third-order valence-corrected chi connectivity index (χ3v) is 5.83. The first-order valence-corrected chi connectivity index (χ1v) is 10.8. The number of ether oxygens (including phenoxy) is 1. The Kier molecular flexibility index (Phi) is 6.77. The van der Waals surface area contributed by atoms with Crippen molar-refractivity contribution in [2.75, 3.05) is 45.8 Å². The molecular formula is C24H29N3O3. The van der Waals surface area contributed by atoms with Gasteiger partial charge in [-0.1, -0.05) is 42.5 Å². The van der Waals surface area contributed by atoms with E-state index in [9.17, 15) is 9.59 Å². The fourth-order valence-corrected chi connectivity index (χ4v) is 4.08. The molecule has 2 aliphatic rings. The van der Waals surface area contributed by atoms with Gasteiger partial charge in [-0.15, -0.1) is 0 Å². The lowest BCUT2D eigenvalue weighted by Gasteiger charge is -2.34. The third-order valence-electron chi connectivity index (χ3n) is 5.83. The Morgan fingerprint density at radius 2 is 1.40 bits per heavy atom. The quantitative estimate of drug-likeness (QED) is 0.688. The van der Waals surface area contributed by atoms with Gasteiger partial charge >= 0.3 is 6.09 Å². The highest BCUT2D eigenvalue weighted by Gasteiger charge is 2.24. The number of benzene rings is 2. The molecule has 0 atom stereocenters. The summed E-state index contributed by atoms with van der Waals surface area (Å²) in [6, 6.07) is 17.5. The van der Waals surface area contributed by atoms with Gasteiger partial charge < -0.3 is 9.64 Å². The molecule has 2 heterocycles. The largest absolute Gasteiger partial charge is 0.415 e. The minimum atomic E-state index is -0.359. The smallest absolute Gasteiger partial charge is 0.409 e. The van der Waals surface area contributed by atoms with Gasteiger partial charge in [-0.3, -0.25) is 14.6 Å². The number of para-hydroxylation sites is 1. The summed E-state index contributed by atoms with van der Waals surface area (Å²) >= 11 is 0. The van der Waals surface area contributed by atoms with Crippen molar-refractivity contribution >= 4 is 11.9 Å². The summed E-state index contributed by atoms with van der Waals surface area (Å²) in [5.74, 6) is 0.360. The van der Waals surface area contributed by atoms with Crippen LogP contribution in [0.4, 0.5) is 4.79 Å². The van der Waals surface area contributed by atoms with Crippen LogP contribution < -0.4 is 4.74 Å². The molecule has 6 heteroatoms. The van der Waals surface area contributed by atoms with Crippen LogP contribution in [-0.2, 0) is 6.54 Å². The Bertz CT molecular complexity index is 857. The van der Waals surface area contributed by atoms with Crippen LogP contribution in [0.25, 0.3) is 0 Å². The van der Waals surface area contributed by atoms with Gasteiger partial charge in [0.05, 0.1) is 12.1 Å². The predicted octanol–water partition coefficient (Wildman–Crippen LogP) is 3.28. The highest BCUT2D eigenvalue weighted by Crippen LogP contribution is 2.21.